The summed E-state index contributed by atoms with van der Waals surface area (Å²) in [5, 5.41) is 8.81. The van der Waals surface area contributed by atoms with E-state index in [0.29, 0.717) is 41.3 Å². The van der Waals surface area contributed by atoms with Gasteiger partial charge in [-0.1, -0.05) is 61.9 Å². The molecule has 0 saturated heterocycles. The number of hydrazone groups is 1. The number of fused-ring (bicyclic) bond motifs is 1. The van der Waals surface area contributed by atoms with Crippen LogP contribution >= 0.6 is 0 Å². The fourth-order valence-electron chi connectivity index (χ4n) is 5.24. The van der Waals surface area contributed by atoms with E-state index >= 15 is 0 Å². The molecule has 0 saturated carbocycles. The van der Waals surface area contributed by atoms with Crippen molar-refractivity contribution in [1.82, 2.24) is 24.6 Å². The first-order chi connectivity index (χ1) is 19.6. The van der Waals surface area contributed by atoms with E-state index in [1.54, 1.807) is 16.2 Å². The van der Waals surface area contributed by atoms with E-state index in [9.17, 15) is 9.59 Å². The monoisotopic (exact) mass is 532 g/mol. The van der Waals surface area contributed by atoms with E-state index in [0.717, 1.165) is 34.4 Å². The summed E-state index contributed by atoms with van der Waals surface area (Å²) < 4.78 is 8.77. The number of carbonyl (C=O) groups excluding carboxylic acids is 1. The van der Waals surface area contributed by atoms with Gasteiger partial charge in [0.1, 0.15) is 12.1 Å². The van der Waals surface area contributed by atoms with Crippen LogP contribution in [0.3, 0.4) is 0 Å². The van der Waals surface area contributed by atoms with Gasteiger partial charge >= 0.3 is 0 Å². The summed E-state index contributed by atoms with van der Waals surface area (Å²) in [6.45, 7) is 2.08. The third kappa shape index (κ3) is 4.55. The second-order valence-corrected chi connectivity index (χ2v) is 9.68. The molecule has 2 aromatic heterocycles. The number of nitrogens with one attached hydrogen (secondary N) is 1. The lowest BCUT2D eigenvalue weighted by molar-refractivity contribution is -0.119. The Morgan fingerprint density at radius 2 is 1.82 bits per heavy atom. The number of hydrogen-bond acceptors (Lipinski definition) is 6. The second-order valence-electron chi connectivity index (χ2n) is 9.68. The molecule has 200 valence electrons. The molecule has 0 atom stereocenters. The molecule has 9 nitrogen and oxygen atoms in total. The van der Waals surface area contributed by atoms with Crippen molar-refractivity contribution in [2.45, 2.75) is 32.6 Å². The lowest BCUT2D eigenvalue weighted by atomic mass is 9.91. The summed E-state index contributed by atoms with van der Waals surface area (Å²) in [6.07, 6.45) is 3.57. The van der Waals surface area contributed by atoms with Crippen molar-refractivity contribution in [3.05, 3.63) is 112 Å². The highest BCUT2D eigenvalue weighted by Gasteiger charge is 2.23. The molecular weight excluding hydrogens is 504 g/mol. The highest BCUT2D eigenvalue weighted by atomic mass is 16.5. The predicted molar refractivity (Wildman–Crippen MR) is 153 cm³/mol. The third-order valence-corrected chi connectivity index (χ3v) is 7.10. The van der Waals surface area contributed by atoms with Crippen LogP contribution in [0.1, 0.15) is 42.1 Å². The van der Waals surface area contributed by atoms with Crippen LogP contribution in [0.25, 0.3) is 22.6 Å². The fraction of sp³-hybridized carbons (Fsp3) is 0.194. The molecule has 0 radical (unpaired) electrons. The summed E-state index contributed by atoms with van der Waals surface area (Å²) in [5.74, 6) is 0.959. The maximum atomic E-state index is 14.2. The highest BCUT2D eigenvalue weighted by molar-refractivity contribution is 6.16. The summed E-state index contributed by atoms with van der Waals surface area (Å²) in [6, 6.07) is 23.5. The molecule has 0 unspecified atom stereocenters. The Bertz CT molecular complexity index is 1820. The molecule has 0 aliphatic carbocycles. The van der Waals surface area contributed by atoms with Gasteiger partial charge < -0.3 is 4.74 Å². The molecule has 6 rings (SSSR count). The standard InChI is InChI=1S/C31H28N6O3/c1-3-8-28-26(30(39)36(31-32-19-33-37(28)31)22-11-7-12-23(17-22)40-2)16-20-13-14-24(21-9-5-4-6-10-21)25(15-20)27-18-29(38)35-34-27/h4-7,9-15,17,19H,3,8,16,18H2,1-2H3,(H,35,38). The van der Waals surface area contributed by atoms with Crippen LogP contribution in [0.5, 0.6) is 5.75 Å². The number of carbonyl (C=O) groups is 1. The van der Waals surface area contributed by atoms with Crippen LogP contribution < -0.4 is 15.7 Å². The molecule has 0 fully saturated rings. The van der Waals surface area contributed by atoms with Gasteiger partial charge in [-0.3, -0.25) is 9.59 Å². The fourth-order valence-corrected chi connectivity index (χ4v) is 5.24. The maximum absolute atomic E-state index is 14.2. The number of nitrogens with zero attached hydrogens (tertiary/aromatic N) is 5. The molecule has 40 heavy (non-hydrogen) atoms. The van der Waals surface area contributed by atoms with Gasteiger partial charge in [0, 0.05) is 23.6 Å². The van der Waals surface area contributed by atoms with Gasteiger partial charge in [0.2, 0.25) is 11.7 Å². The third-order valence-electron chi connectivity index (χ3n) is 7.10. The minimum absolute atomic E-state index is 0.137. The number of amides is 1. The first-order valence-electron chi connectivity index (χ1n) is 13.2. The molecular formula is C31H28N6O3. The molecule has 1 aliphatic heterocycles. The van der Waals surface area contributed by atoms with Gasteiger partial charge in [-0.25, -0.2) is 14.5 Å². The molecule has 1 amide bonds. The second kappa shape index (κ2) is 10.6. The lowest BCUT2D eigenvalue weighted by Crippen LogP contribution is -2.28. The van der Waals surface area contributed by atoms with Gasteiger partial charge in [-0.2, -0.15) is 15.2 Å². The molecule has 1 aliphatic rings. The van der Waals surface area contributed by atoms with Crippen LogP contribution in [-0.2, 0) is 17.6 Å². The first-order valence-corrected chi connectivity index (χ1v) is 13.2. The topological polar surface area (TPSA) is 103 Å². The Morgan fingerprint density at radius 3 is 2.58 bits per heavy atom. The van der Waals surface area contributed by atoms with Crippen LogP contribution in [0.4, 0.5) is 0 Å². The minimum Gasteiger partial charge on any atom is -0.497 e. The zero-order valence-corrected chi connectivity index (χ0v) is 22.3. The number of methoxy groups -OCH3 is 1. The average molecular weight is 533 g/mol. The molecule has 1 N–H and O–H groups in total. The SMILES string of the molecule is CCCc1c(Cc2ccc(-c3ccccc3)c(C3=NNC(=O)C3)c2)c(=O)n(-c2cccc(OC)c2)c2ncnn12. The molecule has 0 spiro atoms. The minimum atomic E-state index is -0.152. The molecule has 3 aromatic carbocycles. The zero-order chi connectivity index (χ0) is 27.6. The summed E-state index contributed by atoms with van der Waals surface area (Å²) in [5.41, 5.74) is 9.04. The summed E-state index contributed by atoms with van der Waals surface area (Å²) in [4.78, 5) is 30.7. The number of hydrogen-bond donors (Lipinski definition) is 1. The summed E-state index contributed by atoms with van der Waals surface area (Å²) >= 11 is 0. The lowest BCUT2D eigenvalue weighted by Gasteiger charge is -2.17. The van der Waals surface area contributed by atoms with Crippen LogP contribution in [0.15, 0.2) is 89.0 Å². The normalized spacial score (nSPS) is 12.9. The van der Waals surface area contributed by atoms with Crippen molar-refractivity contribution in [2.24, 2.45) is 5.10 Å². The highest BCUT2D eigenvalue weighted by Crippen LogP contribution is 2.28. The van der Waals surface area contributed by atoms with Crippen molar-refractivity contribution < 1.29 is 9.53 Å². The number of aryl methyl sites for hydroxylation is 1. The molecule has 5 aromatic rings. The average Bonchev–Trinajstić information content (AvgIpc) is 3.65. The Morgan fingerprint density at radius 1 is 0.975 bits per heavy atom. The Kier molecular flexibility index (Phi) is 6.69. The maximum Gasteiger partial charge on any atom is 0.263 e. The van der Waals surface area contributed by atoms with Gasteiger partial charge in [0.05, 0.1) is 30.6 Å². The number of benzene rings is 3. The number of aromatic nitrogens is 4. The van der Waals surface area contributed by atoms with E-state index in [1.807, 2.05) is 72.8 Å². The van der Waals surface area contributed by atoms with Crippen molar-refractivity contribution in [1.29, 1.82) is 0 Å². The van der Waals surface area contributed by atoms with E-state index in [-0.39, 0.29) is 17.9 Å². The van der Waals surface area contributed by atoms with E-state index < -0.39 is 0 Å². The Hall–Kier alpha value is -5.05. The zero-order valence-electron chi connectivity index (χ0n) is 22.3. The van der Waals surface area contributed by atoms with Crippen molar-refractivity contribution in [3.8, 4) is 22.6 Å². The number of rotatable bonds is 8. The predicted octanol–water partition coefficient (Wildman–Crippen LogP) is 4.32. The Balaban J connectivity index is 1.52. The number of ether oxygens (including phenoxy) is 1. The quantitative estimate of drug-likeness (QED) is 0.321. The van der Waals surface area contributed by atoms with Crippen molar-refractivity contribution in [3.63, 3.8) is 0 Å². The van der Waals surface area contributed by atoms with Crippen LogP contribution in [0.2, 0.25) is 0 Å². The van der Waals surface area contributed by atoms with Crippen molar-refractivity contribution >= 4 is 17.4 Å². The van der Waals surface area contributed by atoms with Gasteiger partial charge in [-0.05, 0) is 41.3 Å². The van der Waals surface area contributed by atoms with Crippen LogP contribution in [0, 0.1) is 0 Å². The first kappa shape index (κ1) is 25.2. The van der Waals surface area contributed by atoms with E-state index in [4.69, 9.17) is 4.74 Å². The van der Waals surface area contributed by atoms with E-state index in [2.05, 4.69) is 27.5 Å². The Labute approximate surface area is 230 Å². The molecule has 0 bridgehead atoms. The van der Waals surface area contributed by atoms with Gasteiger partial charge in [0.15, 0.2) is 0 Å². The molecule has 3 heterocycles. The smallest absolute Gasteiger partial charge is 0.263 e. The van der Waals surface area contributed by atoms with E-state index in [1.165, 1.54) is 6.33 Å². The molecule has 9 heteroatoms. The van der Waals surface area contributed by atoms with Gasteiger partial charge in [-0.15, -0.1) is 0 Å². The van der Waals surface area contributed by atoms with Gasteiger partial charge in [0.25, 0.3) is 5.56 Å². The van der Waals surface area contributed by atoms with Crippen LogP contribution in [-0.4, -0.2) is 37.9 Å². The largest absolute Gasteiger partial charge is 0.497 e. The summed E-state index contributed by atoms with van der Waals surface area (Å²) in [7, 11) is 1.60. The van der Waals surface area contributed by atoms with Crippen molar-refractivity contribution in [2.75, 3.05) is 7.11 Å².